The Morgan fingerprint density at radius 1 is 1.06 bits per heavy atom. The largest absolute Gasteiger partial charge is 0.491 e. The van der Waals surface area contributed by atoms with Crippen LogP contribution in [-0.2, 0) is 19.2 Å². The maximum Gasteiger partial charge on any atom is 0.257 e. The summed E-state index contributed by atoms with van der Waals surface area (Å²) in [6.45, 7) is -0.0481. The monoisotopic (exact) mass is 508 g/mol. The molecule has 5 rings (SSSR count). The molecule has 2 aliphatic heterocycles. The van der Waals surface area contributed by atoms with Crippen LogP contribution in [0.4, 0.5) is 0 Å². The van der Waals surface area contributed by atoms with Crippen LogP contribution < -0.4 is 4.74 Å². The summed E-state index contributed by atoms with van der Waals surface area (Å²) in [7, 11) is 1.32. The third kappa shape index (κ3) is 2.81. The van der Waals surface area contributed by atoms with Crippen molar-refractivity contribution in [1.82, 2.24) is 9.96 Å². The molecule has 1 aromatic rings. The number of carbonyl (C=O) groups is 4. The second kappa shape index (κ2) is 7.78. The average Bonchev–Trinajstić information content (AvgIpc) is 3.13. The van der Waals surface area contributed by atoms with E-state index >= 15 is 0 Å². The first-order chi connectivity index (χ1) is 16.1. The van der Waals surface area contributed by atoms with E-state index in [1.165, 1.54) is 7.05 Å². The normalized spacial score (nSPS) is 36.9. The Hall–Kier alpha value is -2.46. The van der Waals surface area contributed by atoms with Crippen molar-refractivity contribution in [2.24, 2.45) is 17.8 Å². The Morgan fingerprint density at radius 2 is 1.74 bits per heavy atom. The van der Waals surface area contributed by atoms with E-state index in [9.17, 15) is 24.4 Å². The summed E-state index contributed by atoms with van der Waals surface area (Å²) in [5, 5.41) is 19.1. The number of hydroxylamine groups is 2. The fraction of sp³-hybridized carbons (Fsp3) is 0.478. The van der Waals surface area contributed by atoms with Crippen LogP contribution in [0.2, 0.25) is 0 Å². The topological polar surface area (TPSA) is 124 Å². The summed E-state index contributed by atoms with van der Waals surface area (Å²) in [5.41, 5.74) is 1.23. The van der Waals surface area contributed by atoms with Crippen LogP contribution >= 0.6 is 23.2 Å². The van der Waals surface area contributed by atoms with Gasteiger partial charge in [-0.25, -0.2) is 0 Å². The Labute approximate surface area is 204 Å². The highest BCUT2D eigenvalue weighted by atomic mass is 35.5. The van der Waals surface area contributed by atoms with Crippen LogP contribution in [0.1, 0.15) is 24.3 Å². The SMILES string of the molecule is CN1C(=O)C2(Cl)CC3C(=CCC4C(=O)N(O)C(=O)C43)C(c3ccc(OCCO)cc3)C2(Cl)C1=O. The Morgan fingerprint density at radius 3 is 2.38 bits per heavy atom. The lowest BCUT2D eigenvalue weighted by Crippen LogP contribution is -2.60. The number of ether oxygens (including phenoxy) is 1. The maximum absolute atomic E-state index is 13.4. The number of imide groups is 2. The molecule has 3 fully saturated rings. The zero-order valence-electron chi connectivity index (χ0n) is 18.1. The summed E-state index contributed by atoms with van der Waals surface area (Å²) in [6, 6.07) is 6.71. The minimum absolute atomic E-state index is 0.106. The van der Waals surface area contributed by atoms with E-state index in [0.29, 0.717) is 16.9 Å². The van der Waals surface area contributed by atoms with Gasteiger partial charge in [0.2, 0.25) is 0 Å². The van der Waals surface area contributed by atoms with Gasteiger partial charge in [0, 0.05) is 13.0 Å². The molecule has 0 aromatic heterocycles. The summed E-state index contributed by atoms with van der Waals surface area (Å²) in [5.74, 6) is -5.46. The quantitative estimate of drug-likeness (QED) is 0.272. The number of halogens is 2. The summed E-state index contributed by atoms with van der Waals surface area (Å²) < 4.78 is 5.42. The molecule has 2 saturated heterocycles. The first kappa shape index (κ1) is 23.3. The molecule has 0 radical (unpaired) electrons. The summed E-state index contributed by atoms with van der Waals surface area (Å²) >= 11 is 14.0. The third-order valence-electron chi connectivity index (χ3n) is 7.56. The van der Waals surface area contributed by atoms with Crippen LogP contribution in [0.5, 0.6) is 5.75 Å². The van der Waals surface area contributed by atoms with Gasteiger partial charge in [-0.3, -0.25) is 29.3 Å². The smallest absolute Gasteiger partial charge is 0.257 e. The molecule has 180 valence electrons. The minimum atomic E-state index is -1.85. The van der Waals surface area contributed by atoms with Gasteiger partial charge in [-0.05, 0) is 36.5 Å². The van der Waals surface area contributed by atoms with E-state index < -0.39 is 57.0 Å². The number of amides is 4. The van der Waals surface area contributed by atoms with Crippen LogP contribution in [-0.4, -0.2) is 73.9 Å². The lowest BCUT2D eigenvalue weighted by Gasteiger charge is -2.50. The highest BCUT2D eigenvalue weighted by Crippen LogP contribution is 2.65. The van der Waals surface area contributed by atoms with Crippen molar-refractivity contribution in [3.63, 3.8) is 0 Å². The molecule has 6 unspecified atom stereocenters. The number of hydrogen-bond donors (Lipinski definition) is 2. The molecule has 2 aliphatic carbocycles. The fourth-order valence-electron chi connectivity index (χ4n) is 6.02. The molecule has 0 bridgehead atoms. The molecule has 2 N–H and O–H groups in total. The lowest BCUT2D eigenvalue weighted by atomic mass is 9.56. The lowest BCUT2D eigenvalue weighted by molar-refractivity contribution is -0.173. The van der Waals surface area contributed by atoms with Crippen molar-refractivity contribution >= 4 is 46.8 Å². The minimum Gasteiger partial charge on any atom is -0.491 e. The van der Waals surface area contributed by atoms with Crippen molar-refractivity contribution in [3.8, 4) is 5.75 Å². The molecule has 11 heteroatoms. The van der Waals surface area contributed by atoms with Gasteiger partial charge in [0.15, 0.2) is 9.75 Å². The third-order valence-corrected chi connectivity index (χ3v) is 8.98. The van der Waals surface area contributed by atoms with E-state index in [1.54, 1.807) is 30.3 Å². The van der Waals surface area contributed by atoms with Gasteiger partial charge in [0.05, 0.1) is 18.4 Å². The van der Waals surface area contributed by atoms with Crippen molar-refractivity contribution < 1.29 is 34.2 Å². The van der Waals surface area contributed by atoms with Gasteiger partial charge in [-0.1, -0.05) is 23.8 Å². The van der Waals surface area contributed by atoms with Gasteiger partial charge in [-0.2, -0.15) is 5.06 Å². The fourth-order valence-corrected chi connectivity index (χ4v) is 7.04. The molecule has 4 amide bonds. The van der Waals surface area contributed by atoms with Crippen molar-refractivity contribution in [1.29, 1.82) is 0 Å². The molecular formula is C23H22Cl2N2O7. The average molecular weight is 509 g/mol. The molecule has 6 atom stereocenters. The summed E-state index contributed by atoms with van der Waals surface area (Å²) in [6.07, 6.45) is 1.85. The maximum atomic E-state index is 13.4. The number of benzene rings is 1. The van der Waals surface area contributed by atoms with Gasteiger partial charge >= 0.3 is 0 Å². The van der Waals surface area contributed by atoms with Crippen LogP contribution in [0.25, 0.3) is 0 Å². The number of allylic oxidation sites excluding steroid dienone is 2. The number of likely N-dealkylation sites (tertiary alicyclic amines) is 1. The molecule has 9 nitrogen and oxygen atoms in total. The molecule has 0 spiro atoms. The number of fused-ring (bicyclic) bond motifs is 4. The van der Waals surface area contributed by atoms with Crippen molar-refractivity contribution in [2.75, 3.05) is 20.3 Å². The van der Waals surface area contributed by atoms with E-state index in [4.69, 9.17) is 33.0 Å². The summed E-state index contributed by atoms with van der Waals surface area (Å²) in [4.78, 5) is 49.1. The van der Waals surface area contributed by atoms with Gasteiger partial charge < -0.3 is 9.84 Å². The molecule has 4 aliphatic rings. The van der Waals surface area contributed by atoms with Gasteiger partial charge in [0.25, 0.3) is 23.6 Å². The number of alkyl halides is 2. The first-order valence-corrected chi connectivity index (χ1v) is 11.6. The number of aliphatic hydroxyl groups is 1. The standard InChI is InChI=1S/C23H22Cl2N2O7/c1-26-20(31)22(24)10-15-13(6-7-14-16(15)19(30)27(33)18(14)29)17(23(22,25)21(26)32)11-2-4-12(5-3-11)34-9-8-28/h2-6,14-17,28,33H,7-10H2,1H3. The van der Waals surface area contributed by atoms with Crippen LogP contribution in [0.15, 0.2) is 35.9 Å². The van der Waals surface area contributed by atoms with Crippen molar-refractivity contribution in [3.05, 3.63) is 41.5 Å². The Bertz CT molecular complexity index is 1140. The van der Waals surface area contributed by atoms with E-state index in [0.717, 1.165) is 4.90 Å². The number of aliphatic hydroxyl groups excluding tert-OH is 1. The molecule has 2 heterocycles. The Balaban J connectivity index is 1.67. The zero-order valence-corrected chi connectivity index (χ0v) is 19.6. The molecule has 1 saturated carbocycles. The van der Waals surface area contributed by atoms with Crippen LogP contribution in [0.3, 0.4) is 0 Å². The Kier molecular flexibility index (Phi) is 5.33. The second-order valence-corrected chi connectivity index (χ2v) is 10.4. The van der Waals surface area contributed by atoms with Crippen LogP contribution in [0, 0.1) is 17.8 Å². The molecular weight excluding hydrogens is 487 g/mol. The van der Waals surface area contributed by atoms with Gasteiger partial charge in [-0.15, -0.1) is 23.2 Å². The number of hydrogen-bond acceptors (Lipinski definition) is 7. The number of rotatable bonds is 4. The molecule has 1 aromatic carbocycles. The van der Waals surface area contributed by atoms with E-state index in [1.807, 2.05) is 0 Å². The van der Waals surface area contributed by atoms with Gasteiger partial charge in [0.1, 0.15) is 12.4 Å². The first-order valence-electron chi connectivity index (χ1n) is 10.9. The highest BCUT2D eigenvalue weighted by Gasteiger charge is 2.75. The van der Waals surface area contributed by atoms with Crippen molar-refractivity contribution in [2.45, 2.75) is 28.5 Å². The molecule has 34 heavy (non-hydrogen) atoms. The second-order valence-electron chi connectivity index (χ2n) is 9.13. The number of nitrogens with zero attached hydrogens (tertiary/aromatic N) is 2. The zero-order chi connectivity index (χ0) is 24.6. The predicted molar refractivity (Wildman–Crippen MR) is 118 cm³/mol. The van der Waals surface area contributed by atoms with E-state index in [2.05, 4.69) is 0 Å². The number of carbonyl (C=O) groups excluding carboxylic acids is 4. The highest BCUT2D eigenvalue weighted by molar-refractivity contribution is 6.53. The van der Waals surface area contributed by atoms with E-state index in [-0.39, 0.29) is 31.1 Å². The predicted octanol–water partition coefficient (Wildman–Crippen LogP) is 1.44.